The molecule has 2 rings (SSSR count). The van der Waals surface area contributed by atoms with Crippen molar-refractivity contribution in [2.75, 3.05) is 13.7 Å². The second-order valence-electron chi connectivity index (χ2n) is 4.72. The Hall–Kier alpha value is -2.52. The zero-order valence-electron chi connectivity index (χ0n) is 12.8. The van der Waals surface area contributed by atoms with Crippen molar-refractivity contribution in [3.05, 3.63) is 77.3 Å². The molecule has 0 saturated carbocycles. The van der Waals surface area contributed by atoms with Gasteiger partial charge in [0.05, 0.1) is 7.11 Å². The fourth-order valence-corrected chi connectivity index (χ4v) is 2.16. The monoisotopic (exact) mass is 328 g/mol. The smallest absolute Gasteiger partial charge is 0.185 e. The second-order valence-corrected chi connectivity index (χ2v) is 5.15. The minimum Gasteiger partial charge on any atom is -0.493 e. The predicted octanol–water partition coefficient (Wildman–Crippen LogP) is 4.81. The molecule has 0 heterocycles. The number of carbonyl (C=O) groups is 1. The molecule has 0 N–H and O–H groups in total. The molecule has 0 amide bonds. The van der Waals surface area contributed by atoms with Gasteiger partial charge in [-0.2, -0.15) is 0 Å². The highest BCUT2D eigenvalue weighted by molar-refractivity contribution is 6.31. The highest BCUT2D eigenvalue weighted by Gasteiger charge is 2.05. The van der Waals surface area contributed by atoms with Gasteiger partial charge in [0.2, 0.25) is 0 Å². The molecule has 2 aromatic rings. The molecule has 0 fully saturated rings. The molecule has 0 spiro atoms. The van der Waals surface area contributed by atoms with Crippen LogP contribution < -0.4 is 9.47 Å². The van der Waals surface area contributed by atoms with Gasteiger partial charge < -0.3 is 9.47 Å². The van der Waals surface area contributed by atoms with Crippen molar-refractivity contribution in [3.63, 3.8) is 0 Å². The fraction of sp³-hybridized carbons (Fsp3) is 0.105. The van der Waals surface area contributed by atoms with Crippen LogP contribution in [0.4, 0.5) is 0 Å². The molecule has 0 aromatic heterocycles. The molecular weight excluding hydrogens is 312 g/mol. The summed E-state index contributed by atoms with van der Waals surface area (Å²) in [6.45, 7) is 4.01. The number of rotatable bonds is 7. The molecule has 0 saturated heterocycles. The predicted molar refractivity (Wildman–Crippen MR) is 93.5 cm³/mol. The summed E-state index contributed by atoms with van der Waals surface area (Å²) >= 11 is 5.89. The summed E-state index contributed by atoms with van der Waals surface area (Å²) in [6, 6.07) is 12.3. The minimum atomic E-state index is -0.113. The molecule has 0 unspecified atom stereocenters. The highest BCUT2D eigenvalue weighted by atomic mass is 35.5. The van der Waals surface area contributed by atoms with E-state index in [9.17, 15) is 4.79 Å². The zero-order valence-corrected chi connectivity index (χ0v) is 13.5. The number of halogens is 1. The van der Waals surface area contributed by atoms with Crippen molar-refractivity contribution in [2.45, 2.75) is 0 Å². The second kappa shape index (κ2) is 8.20. The molecular formula is C19H17ClO3. The van der Waals surface area contributed by atoms with E-state index in [0.717, 1.165) is 5.56 Å². The van der Waals surface area contributed by atoms with Gasteiger partial charge in [-0.15, -0.1) is 0 Å². The fourth-order valence-electron chi connectivity index (χ4n) is 1.97. The van der Waals surface area contributed by atoms with Crippen molar-refractivity contribution in [2.24, 2.45) is 0 Å². The maximum absolute atomic E-state index is 12.1. The number of hydrogen-bond donors (Lipinski definition) is 0. The third kappa shape index (κ3) is 4.73. The van der Waals surface area contributed by atoms with Gasteiger partial charge in [-0.1, -0.05) is 48.5 Å². The van der Waals surface area contributed by atoms with Crippen LogP contribution in [0.15, 0.2) is 61.2 Å². The molecule has 23 heavy (non-hydrogen) atoms. The Labute approximate surface area is 140 Å². The largest absolute Gasteiger partial charge is 0.493 e. The summed E-state index contributed by atoms with van der Waals surface area (Å²) in [5, 5.41) is 0.537. The summed E-state index contributed by atoms with van der Waals surface area (Å²) in [5.74, 6) is 1.12. The lowest BCUT2D eigenvalue weighted by Gasteiger charge is -2.09. The number of ether oxygens (including phenoxy) is 2. The number of carbonyl (C=O) groups excluding carboxylic acids is 1. The van der Waals surface area contributed by atoms with Gasteiger partial charge in [0, 0.05) is 10.6 Å². The minimum absolute atomic E-state index is 0.113. The Morgan fingerprint density at radius 3 is 2.74 bits per heavy atom. The lowest BCUT2D eigenvalue weighted by Crippen LogP contribution is -1.96. The van der Waals surface area contributed by atoms with E-state index in [4.69, 9.17) is 21.1 Å². The highest BCUT2D eigenvalue weighted by Crippen LogP contribution is 2.28. The molecule has 0 aliphatic rings. The van der Waals surface area contributed by atoms with Crippen LogP contribution >= 0.6 is 11.6 Å². The molecule has 0 aliphatic carbocycles. The normalized spacial score (nSPS) is 10.5. The van der Waals surface area contributed by atoms with Crippen LogP contribution in [0.2, 0.25) is 5.02 Å². The van der Waals surface area contributed by atoms with Gasteiger partial charge in [0.25, 0.3) is 0 Å². The summed E-state index contributed by atoms with van der Waals surface area (Å²) < 4.78 is 10.8. The van der Waals surface area contributed by atoms with Crippen LogP contribution in [0, 0.1) is 0 Å². The lowest BCUT2D eigenvalue weighted by molar-refractivity contribution is 0.104. The Balaban J connectivity index is 2.16. The van der Waals surface area contributed by atoms with E-state index in [-0.39, 0.29) is 5.78 Å². The standard InChI is InChI=1S/C19H17ClO3/c1-3-11-23-18-10-8-14(12-19(18)22-2)7-9-17(21)15-5-4-6-16(20)13-15/h3-10,12-13H,1,11H2,2H3/b9-7+. The number of ketones is 1. The Kier molecular flexibility index (Phi) is 6.01. The van der Waals surface area contributed by atoms with Crippen LogP contribution in [-0.4, -0.2) is 19.5 Å². The van der Waals surface area contributed by atoms with Gasteiger partial charge in [-0.3, -0.25) is 4.79 Å². The number of hydrogen-bond acceptors (Lipinski definition) is 3. The van der Waals surface area contributed by atoms with Gasteiger partial charge in [0.15, 0.2) is 17.3 Å². The average Bonchev–Trinajstić information content (AvgIpc) is 2.58. The topological polar surface area (TPSA) is 35.5 Å². The maximum atomic E-state index is 12.1. The average molecular weight is 329 g/mol. The summed E-state index contributed by atoms with van der Waals surface area (Å²) in [4.78, 5) is 12.1. The van der Waals surface area contributed by atoms with E-state index in [1.807, 2.05) is 6.07 Å². The molecule has 3 nitrogen and oxygen atoms in total. The van der Waals surface area contributed by atoms with Crippen LogP contribution in [-0.2, 0) is 0 Å². The van der Waals surface area contributed by atoms with E-state index in [1.54, 1.807) is 55.7 Å². The molecule has 2 aromatic carbocycles. The van der Waals surface area contributed by atoms with E-state index in [1.165, 1.54) is 6.08 Å². The molecule has 0 atom stereocenters. The Bertz CT molecular complexity index is 735. The first-order chi connectivity index (χ1) is 11.1. The van der Waals surface area contributed by atoms with Gasteiger partial charge in [0.1, 0.15) is 6.61 Å². The van der Waals surface area contributed by atoms with Gasteiger partial charge >= 0.3 is 0 Å². The number of benzene rings is 2. The SMILES string of the molecule is C=CCOc1ccc(/C=C/C(=O)c2cccc(Cl)c2)cc1OC. The summed E-state index contributed by atoms with van der Waals surface area (Å²) in [5.41, 5.74) is 1.38. The number of allylic oxidation sites excluding steroid dienone is 1. The maximum Gasteiger partial charge on any atom is 0.185 e. The van der Waals surface area contributed by atoms with E-state index in [2.05, 4.69) is 6.58 Å². The Morgan fingerprint density at radius 1 is 1.22 bits per heavy atom. The van der Waals surface area contributed by atoms with Crippen LogP contribution in [0.3, 0.4) is 0 Å². The van der Waals surface area contributed by atoms with E-state index < -0.39 is 0 Å². The third-order valence-electron chi connectivity index (χ3n) is 3.08. The van der Waals surface area contributed by atoms with Crippen molar-refractivity contribution in [1.82, 2.24) is 0 Å². The van der Waals surface area contributed by atoms with Gasteiger partial charge in [-0.25, -0.2) is 0 Å². The van der Waals surface area contributed by atoms with E-state index >= 15 is 0 Å². The van der Waals surface area contributed by atoms with Crippen LogP contribution in [0.5, 0.6) is 11.5 Å². The van der Waals surface area contributed by atoms with Crippen molar-refractivity contribution < 1.29 is 14.3 Å². The third-order valence-corrected chi connectivity index (χ3v) is 3.32. The Morgan fingerprint density at radius 2 is 2.04 bits per heavy atom. The van der Waals surface area contributed by atoms with Gasteiger partial charge in [-0.05, 0) is 35.9 Å². The summed E-state index contributed by atoms with van der Waals surface area (Å²) in [7, 11) is 1.57. The first kappa shape index (κ1) is 16.8. The summed E-state index contributed by atoms with van der Waals surface area (Å²) in [6.07, 6.45) is 4.89. The zero-order chi connectivity index (χ0) is 16.7. The molecule has 0 bridgehead atoms. The quantitative estimate of drug-likeness (QED) is 0.415. The van der Waals surface area contributed by atoms with Crippen LogP contribution in [0.25, 0.3) is 6.08 Å². The molecule has 0 aliphatic heterocycles. The molecule has 118 valence electrons. The first-order valence-electron chi connectivity index (χ1n) is 7.03. The first-order valence-corrected chi connectivity index (χ1v) is 7.41. The van der Waals surface area contributed by atoms with E-state index in [0.29, 0.717) is 28.7 Å². The number of methoxy groups -OCH3 is 1. The molecule has 4 heteroatoms. The van der Waals surface area contributed by atoms with Crippen LogP contribution in [0.1, 0.15) is 15.9 Å². The van der Waals surface area contributed by atoms with Crippen molar-refractivity contribution in [1.29, 1.82) is 0 Å². The molecule has 0 radical (unpaired) electrons. The van der Waals surface area contributed by atoms with Crippen molar-refractivity contribution in [3.8, 4) is 11.5 Å². The lowest BCUT2D eigenvalue weighted by atomic mass is 10.1. The van der Waals surface area contributed by atoms with Crippen molar-refractivity contribution >= 4 is 23.5 Å².